The van der Waals surface area contributed by atoms with Crippen molar-refractivity contribution in [1.29, 1.82) is 0 Å². The van der Waals surface area contributed by atoms with Gasteiger partial charge in [0.05, 0.1) is 48.8 Å². The second-order valence-corrected chi connectivity index (χ2v) is 6.72. The van der Waals surface area contributed by atoms with E-state index in [1.165, 1.54) is 13.2 Å². The largest absolute Gasteiger partial charge is 0.497 e. The molecule has 4 rings (SSSR count). The Balaban J connectivity index is 1.49. The van der Waals surface area contributed by atoms with Crippen molar-refractivity contribution >= 4 is 23.3 Å². The van der Waals surface area contributed by atoms with Gasteiger partial charge in [0.1, 0.15) is 17.3 Å². The van der Waals surface area contributed by atoms with Crippen LogP contribution in [0.25, 0.3) is 11.3 Å². The zero-order chi connectivity index (χ0) is 20.9. The monoisotopic (exact) mass is 407 g/mol. The minimum atomic E-state index is -0.454. The lowest BCUT2D eigenvalue weighted by molar-refractivity contribution is -0.384. The van der Waals surface area contributed by atoms with Crippen molar-refractivity contribution in [3.63, 3.8) is 0 Å². The van der Waals surface area contributed by atoms with Gasteiger partial charge in [-0.2, -0.15) is 0 Å². The topological polar surface area (TPSA) is 90.3 Å². The average Bonchev–Trinajstić information content (AvgIpc) is 3.27. The first-order chi connectivity index (χ1) is 14.6. The van der Waals surface area contributed by atoms with Crippen LogP contribution in [0.2, 0.25) is 0 Å². The third-order valence-corrected chi connectivity index (χ3v) is 4.86. The number of anilines is 1. The number of aliphatic imine (C=N–C) groups is 1. The third kappa shape index (κ3) is 4.33. The lowest BCUT2D eigenvalue weighted by Gasteiger charge is -2.28. The number of ether oxygens (including phenoxy) is 2. The van der Waals surface area contributed by atoms with E-state index in [1.807, 2.05) is 24.3 Å². The molecule has 8 nitrogen and oxygen atoms in total. The molecule has 2 aromatic carbocycles. The van der Waals surface area contributed by atoms with Crippen molar-refractivity contribution in [1.82, 2.24) is 0 Å². The van der Waals surface area contributed by atoms with E-state index in [1.54, 1.807) is 30.5 Å². The number of nitrogens with zero attached hydrogens (tertiary/aromatic N) is 3. The van der Waals surface area contributed by atoms with Crippen molar-refractivity contribution in [2.75, 3.05) is 38.3 Å². The fraction of sp³-hybridized carbons (Fsp3) is 0.227. The lowest BCUT2D eigenvalue weighted by Crippen LogP contribution is -2.36. The first-order valence-electron chi connectivity index (χ1n) is 9.53. The van der Waals surface area contributed by atoms with Crippen molar-refractivity contribution in [3.8, 4) is 17.1 Å². The molecular weight excluding hydrogens is 386 g/mol. The molecule has 0 bridgehead atoms. The normalized spacial score (nSPS) is 14.2. The molecule has 0 amide bonds. The number of methoxy groups -OCH3 is 1. The Bertz CT molecular complexity index is 1050. The molecule has 0 radical (unpaired) electrons. The molecule has 154 valence electrons. The highest BCUT2D eigenvalue weighted by atomic mass is 16.6. The van der Waals surface area contributed by atoms with Crippen LogP contribution in [-0.2, 0) is 4.74 Å². The first-order valence-corrected chi connectivity index (χ1v) is 9.53. The number of morpholine rings is 1. The molecule has 0 aliphatic carbocycles. The summed E-state index contributed by atoms with van der Waals surface area (Å²) in [5.41, 5.74) is 2.24. The SMILES string of the molecule is COc1ccc(-c2ccc(C=Nc3ccc(N4CCOCC4)cc3)o2)c([N+](=O)[O-])c1. The summed E-state index contributed by atoms with van der Waals surface area (Å²) >= 11 is 0. The van der Waals surface area contributed by atoms with Crippen LogP contribution in [0.5, 0.6) is 5.75 Å². The maximum absolute atomic E-state index is 11.4. The maximum atomic E-state index is 11.4. The predicted octanol–water partition coefficient (Wildman–Crippen LogP) is 4.45. The summed E-state index contributed by atoms with van der Waals surface area (Å²) in [6.45, 7) is 3.25. The van der Waals surface area contributed by atoms with Gasteiger partial charge in [0.15, 0.2) is 0 Å². The van der Waals surface area contributed by atoms with E-state index in [-0.39, 0.29) is 5.69 Å². The van der Waals surface area contributed by atoms with Gasteiger partial charge >= 0.3 is 0 Å². The lowest BCUT2D eigenvalue weighted by atomic mass is 10.1. The summed E-state index contributed by atoms with van der Waals surface area (Å²) < 4.78 is 16.2. The fourth-order valence-corrected chi connectivity index (χ4v) is 3.27. The van der Waals surface area contributed by atoms with Gasteiger partial charge in [0.2, 0.25) is 0 Å². The molecule has 1 aliphatic rings. The molecule has 0 spiro atoms. The zero-order valence-corrected chi connectivity index (χ0v) is 16.5. The van der Waals surface area contributed by atoms with Crippen LogP contribution in [0, 0.1) is 10.1 Å². The summed E-state index contributed by atoms with van der Waals surface area (Å²) in [4.78, 5) is 17.7. The standard InChI is InChI=1S/C22H21N3O5/c1-28-18-6-8-20(21(14-18)25(26)27)22-9-7-19(30-22)15-23-16-2-4-17(5-3-16)24-10-12-29-13-11-24/h2-9,14-15H,10-13H2,1H3. The summed E-state index contributed by atoms with van der Waals surface area (Å²) in [6, 6.07) is 16.0. The molecular formula is C22H21N3O5. The quantitative estimate of drug-likeness (QED) is 0.341. The van der Waals surface area contributed by atoms with E-state index < -0.39 is 4.92 Å². The minimum absolute atomic E-state index is 0.0779. The van der Waals surface area contributed by atoms with Crippen molar-refractivity contribution in [2.45, 2.75) is 0 Å². The summed E-state index contributed by atoms with van der Waals surface area (Å²) in [7, 11) is 1.47. The Hall–Kier alpha value is -3.65. The molecule has 30 heavy (non-hydrogen) atoms. The van der Waals surface area contributed by atoms with Gasteiger partial charge < -0.3 is 18.8 Å². The Morgan fingerprint density at radius 2 is 1.87 bits per heavy atom. The van der Waals surface area contributed by atoms with E-state index in [9.17, 15) is 10.1 Å². The van der Waals surface area contributed by atoms with Crippen molar-refractivity contribution in [3.05, 3.63) is 70.5 Å². The fourth-order valence-electron chi connectivity index (χ4n) is 3.27. The van der Waals surface area contributed by atoms with Crippen LogP contribution in [0.15, 0.2) is 64.0 Å². The molecule has 0 N–H and O–H groups in total. The van der Waals surface area contributed by atoms with Gasteiger partial charge in [-0.15, -0.1) is 0 Å². The molecule has 1 fully saturated rings. The summed E-state index contributed by atoms with van der Waals surface area (Å²) in [5, 5.41) is 11.4. The third-order valence-electron chi connectivity index (χ3n) is 4.86. The van der Waals surface area contributed by atoms with Gasteiger partial charge in [0, 0.05) is 18.8 Å². The second kappa shape index (κ2) is 8.79. The Labute approximate surface area is 173 Å². The maximum Gasteiger partial charge on any atom is 0.284 e. The molecule has 0 saturated carbocycles. The molecule has 0 unspecified atom stereocenters. The van der Waals surface area contributed by atoms with E-state index >= 15 is 0 Å². The second-order valence-electron chi connectivity index (χ2n) is 6.72. The van der Waals surface area contributed by atoms with Crippen LogP contribution in [0.1, 0.15) is 5.76 Å². The Morgan fingerprint density at radius 1 is 1.10 bits per heavy atom. The number of nitro benzene ring substituents is 1. The van der Waals surface area contributed by atoms with Gasteiger partial charge in [-0.3, -0.25) is 15.1 Å². The molecule has 1 aromatic heterocycles. The highest BCUT2D eigenvalue weighted by molar-refractivity contribution is 5.81. The minimum Gasteiger partial charge on any atom is -0.497 e. The summed E-state index contributed by atoms with van der Waals surface area (Å²) in [5.74, 6) is 1.32. The van der Waals surface area contributed by atoms with Gasteiger partial charge in [-0.1, -0.05) is 0 Å². The van der Waals surface area contributed by atoms with Crippen molar-refractivity contribution in [2.24, 2.45) is 4.99 Å². The Kier molecular flexibility index (Phi) is 5.76. The van der Waals surface area contributed by atoms with E-state index in [0.717, 1.165) is 37.7 Å². The number of furan rings is 1. The number of nitro groups is 1. The smallest absolute Gasteiger partial charge is 0.284 e. The number of rotatable bonds is 6. The summed E-state index contributed by atoms with van der Waals surface area (Å²) in [6.07, 6.45) is 1.60. The number of benzene rings is 2. The van der Waals surface area contributed by atoms with Crippen LogP contribution >= 0.6 is 0 Å². The highest BCUT2D eigenvalue weighted by Gasteiger charge is 2.19. The van der Waals surface area contributed by atoms with Crippen LogP contribution in [0.3, 0.4) is 0 Å². The predicted molar refractivity (Wildman–Crippen MR) is 114 cm³/mol. The number of hydrogen-bond donors (Lipinski definition) is 0. The zero-order valence-electron chi connectivity index (χ0n) is 16.5. The van der Waals surface area contributed by atoms with Crippen LogP contribution in [-0.4, -0.2) is 44.6 Å². The van der Waals surface area contributed by atoms with Crippen LogP contribution in [0.4, 0.5) is 17.1 Å². The van der Waals surface area contributed by atoms with Gasteiger partial charge in [-0.25, -0.2) is 0 Å². The van der Waals surface area contributed by atoms with Crippen molar-refractivity contribution < 1.29 is 18.8 Å². The molecule has 3 aromatic rings. The Morgan fingerprint density at radius 3 is 2.57 bits per heavy atom. The molecule has 1 saturated heterocycles. The molecule has 8 heteroatoms. The highest BCUT2D eigenvalue weighted by Crippen LogP contribution is 2.34. The van der Waals surface area contributed by atoms with Gasteiger partial charge in [0.25, 0.3) is 5.69 Å². The molecule has 0 atom stereocenters. The van der Waals surface area contributed by atoms with Crippen LogP contribution < -0.4 is 9.64 Å². The molecule has 1 aliphatic heterocycles. The van der Waals surface area contributed by atoms with E-state index in [2.05, 4.69) is 9.89 Å². The first kappa shape index (κ1) is 19.7. The number of hydrogen-bond acceptors (Lipinski definition) is 7. The molecule has 2 heterocycles. The van der Waals surface area contributed by atoms with E-state index in [0.29, 0.717) is 22.8 Å². The van der Waals surface area contributed by atoms with Gasteiger partial charge in [-0.05, 0) is 48.5 Å². The van der Waals surface area contributed by atoms with E-state index in [4.69, 9.17) is 13.9 Å². The average molecular weight is 407 g/mol.